The fraction of sp³-hybridized carbons (Fsp3) is 0.463. The highest BCUT2D eigenvalue weighted by molar-refractivity contribution is 5.88. The van der Waals surface area contributed by atoms with Gasteiger partial charge in [0.1, 0.15) is 0 Å². The van der Waals surface area contributed by atoms with Crippen LogP contribution in [0.4, 0.5) is 0 Å². The van der Waals surface area contributed by atoms with Crippen molar-refractivity contribution in [2.45, 2.75) is 58.8 Å². The number of carbonyl (C=O) groups excluding carboxylic acids is 2. The van der Waals surface area contributed by atoms with Gasteiger partial charge in [-0.1, -0.05) is 127 Å². The molecule has 6 heteroatoms. The highest BCUT2D eigenvalue weighted by atomic mass is 16.2. The molecule has 2 aliphatic heterocycles. The van der Waals surface area contributed by atoms with E-state index in [1.54, 1.807) is 12.2 Å². The lowest BCUT2D eigenvalue weighted by Gasteiger charge is -2.36. The average molecular weight is 637 g/mol. The molecule has 0 atom stereocenters. The van der Waals surface area contributed by atoms with Gasteiger partial charge in [0, 0.05) is 64.5 Å². The van der Waals surface area contributed by atoms with Crippen LogP contribution in [-0.2, 0) is 20.4 Å². The van der Waals surface area contributed by atoms with Crippen LogP contribution >= 0.6 is 0 Å². The van der Waals surface area contributed by atoms with Crippen molar-refractivity contribution >= 4 is 24.0 Å². The van der Waals surface area contributed by atoms with E-state index in [2.05, 4.69) is 99.9 Å². The Kier molecular flexibility index (Phi) is 13.0. The van der Waals surface area contributed by atoms with Crippen LogP contribution in [0.25, 0.3) is 12.2 Å². The summed E-state index contributed by atoms with van der Waals surface area (Å²) in [5, 5.41) is 0. The van der Waals surface area contributed by atoms with E-state index in [-0.39, 0.29) is 22.6 Å². The van der Waals surface area contributed by atoms with E-state index in [4.69, 9.17) is 0 Å². The van der Waals surface area contributed by atoms with E-state index >= 15 is 0 Å². The maximum Gasteiger partial charge on any atom is 0.246 e. The molecular formula is C41H56N4O2. The van der Waals surface area contributed by atoms with Crippen molar-refractivity contribution in [3.63, 3.8) is 0 Å². The zero-order valence-electron chi connectivity index (χ0n) is 29.6. The highest BCUT2D eigenvalue weighted by Crippen LogP contribution is 2.23. The molecule has 4 rings (SSSR count). The summed E-state index contributed by atoms with van der Waals surface area (Å²) in [6, 6.07) is 17.2. The minimum Gasteiger partial charge on any atom is -0.337 e. The van der Waals surface area contributed by atoms with Gasteiger partial charge < -0.3 is 9.80 Å². The van der Waals surface area contributed by atoms with Crippen LogP contribution in [0.5, 0.6) is 0 Å². The Morgan fingerprint density at radius 2 is 0.872 bits per heavy atom. The number of nitrogens with zero attached hydrogens (tertiary/aromatic N) is 4. The van der Waals surface area contributed by atoms with Crippen LogP contribution in [0.2, 0.25) is 0 Å². The standard InChI is InChI=1S/C41H56N4O2/c1-40(2,3)36-20-16-34(17-21-36)12-7-9-14-38(46)44-30-26-42(27-31-44)24-11-25-43-28-32-45(33-29-43)39(47)15-10-8-13-35-18-22-37(23-19-35)41(4,5)6/h7-10,12-23H,11,24-33H2,1-6H3/b12-7+,13-8+,14-9+,15-10+. The van der Waals surface area contributed by atoms with Crippen LogP contribution < -0.4 is 0 Å². The van der Waals surface area contributed by atoms with Crippen LogP contribution in [0.1, 0.15) is 70.2 Å². The number of benzene rings is 2. The van der Waals surface area contributed by atoms with Crippen LogP contribution in [0.15, 0.2) is 85.0 Å². The lowest BCUT2D eigenvalue weighted by molar-refractivity contribution is -0.128. The Balaban J connectivity index is 1.07. The largest absolute Gasteiger partial charge is 0.337 e. The molecule has 0 bridgehead atoms. The minimum atomic E-state index is 0.0848. The molecule has 0 aromatic heterocycles. The third kappa shape index (κ3) is 11.8. The average Bonchev–Trinajstić information content (AvgIpc) is 3.05. The van der Waals surface area contributed by atoms with Gasteiger partial charge >= 0.3 is 0 Å². The van der Waals surface area contributed by atoms with Crippen LogP contribution in [0, 0.1) is 0 Å². The second kappa shape index (κ2) is 16.9. The first-order valence-electron chi connectivity index (χ1n) is 17.3. The van der Waals surface area contributed by atoms with Crippen molar-refractivity contribution in [3.05, 3.63) is 107 Å². The number of hydrogen-bond donors (Lipinski definition) is 0. The number of allylic oxidation sites excluding steroid dienone is 4. The predicted molar refractivity (Wildman–Crippen MR) is 197 cm³/mol. The van der Waals surface area contributed by atoms with Crippen molar-refractivity contribution in [1.29, 1.82) is 0 Å². The van der Waals surface area contributed by atoms with E-state index in [1.807, 2.05) is 46.3 Å². The Morgan fingerprint density at radius 1 is 0.532 bits per heavy atom. The molecule has 2 fully saturated rings. The third-order valence-electron chi connectivity index (χ3n) is 9.15. The summed E-state index contributed by atoms with van der Waals surface area (Å²) in [4.78, 5) is 34.2. The van der Waals surface area contributed by atoms with E-state index in [1.165, 1.54) is 11.1 Å². The van der Waals surface area contributed by atoms with E-state index in [9.17, 15) is 9.59 Å². The molecule has 2 saturated heterocycles. The third-order valence-corrected chi connectivity index (χ3v) is 9.15. The van der Waals surface area contributed by atoms with E-state index in [0.717, 1.165) is 83.0 Å². The zero-order chi connectivity index (χ0) is 33.9. The van der Waals surface area contributed by atoms with Gasteiger partial charge in [-0.25, -0.2) is 0 Å². The Morgan fingerprint density at radius 3 is 1.19 bits per heavy atom. The van der Waals surface area contributed by atoms with E-state index < -0.39 is 0 Å². The molecule has 2 aromatic carbocycles. The Bertz CT molecular complexity index is 1300. The first kappa shape index (κ1) is 36.1. The number of piperazine rings is 2. The second-order valence-electron chi connectivity index (χ2n) is 14.9. The monoisotopic (exact) mass is 636 g/mol. The predicted octanol–water partition coefficient (Wildman–Crippen LogP) is 6.80. The minimum absolute atomic E-state index is 0.0848. The summed E-state index contributed by atoms with van der Waals surface area (Å²) in [6.07, 6.45) is 16.1. The molecular weight excluding hydrogens is 580 g/mol. The molecule has 0 saturated carbocycles. The van der Waals surface area contributed by atoms with Gasteiger partial charge in [-0.05, 0) is 52.6 Å². The van der Waals surface area contributed by atoms with Crippen LogP contribution in [-0.4, -0.2) is 96.9 Å². The zero-order valence-corrected chi connectivity index (χ0v) is 29.6. The normalized spacial score (nSPS) is 17.6. The van der Waals surface area contributed by atoms with Gasteiger partial charge in [0.15, 0.2) is 0 Å². The summed E-state index contributed by atoms with van der Waals surface area (Å²) in [6.45, 7) is 22.1. The van der Waals surface area contributed by atoms with Crippen molar-refractivity contribution in [3.8, 4) is 0 Å². The van der Waals surface area contributed by atoms with Crippen molar-refractivity contribution in [2.75, 3.05) is 65.4 Å². The first-order chi connectivity index (χ1) is 22.4. The molecule has 2 amide bonds. The van der Waals surface area contributed by atoms with Crippen molar-refractivity contribution in [2.24, 2.45) is 0 Å². The molecule has 47 heavy (non-hydrogen) atoms. The molecule has 2 aromatic rings. The molecule has 0 aliphatic carbocycles. The Hall–Kier alpha value is -3.74. The summed E-state index contributed by atoms with van der Waals surface area (Å²) >= 11 is 0. The number of amides is 2. The topological polar surface area (TPSA) is 47.1 Å². The smallest absolute Gasteiger partial charge is 0.246 e. The van der Waals surface area contributed by atoms with Gasteiger partial charge in [-0.2, -0.15) is 0 Å². The van der Waals surface area contributed by atoms with Gasteiger partial charge in [0.05, 0.1) is 0 Å². The maximum atomic E-state index is 12.7. The maximum absolute atomic E-state index is 12.7. The molecule has 0 N–H and O–H groups in total. The molecule has 2 aliphatic rings. The summed E-state index contributed by atoms with van der Waals surface area (Å²) in [5.74, 6) is 0.170. The van der Waals surface area contributed by atoms with E-state index in [0.29, 0.717) is 0 Å². The fourth-order valence-corrected chi connectivity index (χ4v) is 5.91. The molecule has 6 nitrogen and oxygen atoms in total. The lowest BCUT2D eigenvalue weighted by Crippen LogP contribution is -2.50. The number of hydrogen-bond acceptors (Lipinski definition) is 4. The fourth-order valence-electron chi connectivity index (χ4n) is 5.91. The second-order valence-corrected chi connectivity index (χ2v) is 14.9. The number of carbonyl (C=O) groups is 2. The summed E-state index contributed by atoms with van der Waals surface area (Å²) in [7, 11) is 0. The van der Waals surface area contributed by atoms with Gasteiger partial charge in [0.2, 0.25) is 11.8 Å². The van der Waals surface area contributed by atoms with Crippen molar-refractivity contribution in [1.82, 2.24) is 19.6 Å². The Labute approximate surface area is 284 Å². The highest BCUT2D eigenvalue weighted by Gasteiger charge is 2.21. The molecule has 2 heterocycles. The number of rotatable bonds is 10. The van der Waals surface area contributed by atoms with Gasteiger partial charge in [-0.3, -0.25) is 19.4 Å². The SMILES string of the molecule is CC(C)(C)c1ccc(/C=C/C=C/C(=O)N2CCN(CCCN3CCN(C(=O)/C=C/C=C/c4ccc(C(C)(C)C)cc4)CC3)CC2)cc1. The summed E-state index contributed by atoms with van der Waals surface area (Å²) in [5.41, 5.74) is 5.20. The lowest BCUT2D eigenvalue weighted by atomic mass is 9.87. The van der Waals surface area contributed by atoms with Crippen molar-refractivity contribution < 1.29 is 9.59 Å². The summed E-state index contributed by atoms with van der Waals surface area (Å²) < 4.78 is 0. The quantitative estimate of drug-likeness (QED) is 0.213. The van der Waals surface area contributed by atoms with Gasteiger partial charge in [0.25, 0.3) is 0 Å². The van der Waals surface area contributed by atoms with Crippen LogP contribution in [0.3, 0.4) is 0 Å². The first-order valence-corrected chi connectivity index (χ1v) is 17.3. The molecule has 0 spiro atoms. The molecule has 0 radical (unpaired) electrons. The van der Waals surface area contributed by atoms with Gasteiger partial charge in [-0.15, -0.1) is 0 Å². The molecule has 0 unspecified atom stereocenters. The molecule has 252 valence electrons.